The first kappa shape index (κ1) is 22.1. The van der Waals surface area contributed by atoms with Gasteiger partial charge in [0.2, 0.25) is 10.0 Å². The Labute approximate surface area is 181 Å². The van der Waals surface area contributed by atoms with Crippen molar-refractivity contribution < 1.29 is 22.0 Å². The van der Waals surface area contributed by atoms with Gasteiger partial charge in [-0.1, -0.05) is 40.2 Å². The quantitative estimate of drug-likeness (QED) is 0.518. The summed E-state index contributed by atoms with van der Waals surface area (Å²) in [5.41, 5.74) is 1.18. The van der Waals surface area contributed by atoms with Gasteiger partial charge in [-0.2, -0.15) is 0 Å². The lowest BCUT2D eigenvalue weighted by atomic mass is 10.2. The average molecular weight is 495 g/mol. The number of rotatable bonds is 7. The highest BCUT2D eigenvalue weighted by Gasteiger charge is 2.15. The lowest BCUT2D eigenvalue weighted by Gasteiger charge is -2.10. The van der Waals surface area contributed by atoms with Gasteiger partial charge >= 0.3 is 0 Å². The van der Waals surface area contributed by atoms with Gasteiger partial charge in [-0.05, 0) is 53.6 Å². The molecule has 3 aromatic carbocycles. The SMILES string of the molecule is O=C(NCc1cccc(S(=O)(=O)NCc2cccc(F)c2)c1)c1cc(F)cc(Br)c1. The lowest BCUT2D eigenvalue weighted by Crippen LogP contribution is -2.25. The van der Waals surface area contributed by atoms with Gasteiger partial charge in [0, 0.05) is 23.1 Å². The van der Waals surface area contributed by atoms with E-state index < -0.39 is 27.6 Å². The maximum atomic E-state index is 13.4. The number of nitrogens with one attached hydrogen (secondary N) is 2. The highest BCUT2D eigenvalue weighted by Crippen LogP contribution is 2.16. The van der Waals surface area contributed by atoms with Gasteiger partial charge in [-0.15, -0.1) is 0 Å². The first-order valence-electron chi connectivity index (χ1n) is 8.80. The molecule has 30 heavy (non-hydrogen) atoms. The van der Waals surface area contributed by atoms with Crippen LogP contribution < -0.4 is 10.0 Å². The largest absolute Gasteiger partial charge is 0.348 e. The van der Waals surface area contributed by atoms with Crippen LogP contribution in [0, 0.1) is 11.6 Å². The molecule has 0 spiro atoms. The number of carbonyl (C=O) groups is 1. The Morgan fingerprint density at radius 1 is 0.867 bits per heavy atom. The lowest BCUT2D eigenvalue weighted by molar-refractivity contribution is 0.0950. The van der Waals surface area contributed by atoms with Crippen LogP contribution in [0.25, 0.3) is 0 Å². The number of amides is 1. The molecular formula is C21H17BrF2N2O3S. The summed E-state index contributed by atoms with van der Waals surface area (Å²) < 4.78 is 54.6. The van der Waals surface area contributed by atoms with E-state index in [9.17, 15) is 22.0 Å². The van der Waals surface area contributed by atoms with E-state index in [1.807, 2.05) is 0 Å². The van der Waals surface area contributed by atoms with Gasteiger partial charge in [-0.3, -0.25) is 4.79 Å². The second-order valence-electron chi connectivity index (χ2n) is 6.44. The summed E-state index contributed by atoms with van der Waals surface area (Å²) in [6, 6.07) is 15.5. The van der Waals surface area contributed by atoms with E-state index in [1.54, 1.807) is 18.2 Å². The molecule has 0 aliphatic rings. The van der Waals surface area contributed by atoms with E-state index in [0.29, 0.717) is 15.6 Å². The third kappa shape index (κ3) is 5.94. The number of halogens is 3. The number of sulfonamides is 1. The van der Waals surface area contributed by atoms with Crippen molar-refractivity contribution >= 4 is 31.9 Å². The summed E-state index contributed by atoms with van der Waals surface area (Å²) in [6.07, 6.45) is 0. The van der Waals surface area contributed by atoms with E-state index in [0.717, 1.165) is 6.07 Å². The number of carbonyl (C=O) groups excluding carboxylic acids is 1. The van der Waals surface area contributed by atoms with Gasteiger partial charge in [-0.25, -0.2) is 21.9 Å². The van der Waals surface area contributed by atoms with E-state index in [4.69, 9.17) is 0 Å². The highest BCUT2D eigenvalue weighted by molar-refractivity contribution is 9.10. The van der Waals surface area contributed by atoms with Crippen LogP contribution in [0.1, 0.15) is 21.5 Å². The summed E-state index contributed by atoms with van der Waals surface area (Å²) in [7, 11) is -3.84. The molecule has 0 atom stereocenters. The van der Waals surface area contributed by atoms with E-state index in [-0.39, 0.29) is 23.5 Å². The van der Waals surface area contributed by atoms with Gasteiger partial charge in [0.25, 0.3) is 5.91 Å². The Balaban J connectivity index is 1.66. The normalized spacial score (nSPS) is 11.3. The van der Waals surface area contributed by atoms with Gasteiger partial charge in [0.15, 0.2) is 0 Å². The molecule has 0 saturated carbocycles. The van der Waals surface area contributed by atoms with Crippen LogP contribution in [0.5, 0.6) is 0 Å². The van der Waals surface area contributed by atoms with Crippen LogP contribution in [0.15, 0.2) is 76.1 Å². The zero-order chi connectivity index (χ0) is 21.7. The highest BCUT2D eigenvalue weighted by atomic mass is 79.9. The van der Waals surface area contributed by atoms with Crippen molar-refractivity contribution in [3.63, 3.8) is 0 Å². The molecule has 3 aromatic rings. The summed E-state index contributed by atoms with van der Waals surface area (Å²) in [6.45, 7) is -0.00424. The third-order valence-corrected chi connectivity index (χ3v) is 6.00. The Bertz CT molecular complexity index is 1170. The molecule has 9 heteroatoms. The smallest absolute Gasteiger partial charge is 0.251 e. The fraction of sp³-hybridized carbons (Fsp3) is 0.0952. The fourth-order valence-electron chi connectivity index (χ4n) is 2.70. The Morgan fingerprint density at radius 2 is 1.57 bits per heavy atom. The van der Waals surface area contributed by atoms with E-state index in [1.165, 1.54) is 42.5 Å². The van der Waals surface area contributed by atoms with Crippen LogP contribution in [0.4, 0.5) is 8.78 Å². The first-order chi connectivity index (χ1) is 14.2. The van der Waals surface area contributed by atoms with Crippen LogP contribution in [0.3, 0.4) is 0 Å². The van der Waals surface area contributed by atoms with Crippen LogP contribution in [-0.2, 0) is 23.1 Å². The van der Waals surface area contributed by atoms with E-state index >= 15 is 0 Å². The van der Waals surface area contributed by atoms with Crippen molar-refractivity contribution in [2.45, 2.75) is 18.0 Å². The molecule has 1 amide bonds. The van der Waals surface area contributed by atoms with Crippen molar-refractivity contribution in [3.8, 4) is 0 Å². The topological polar surface area (TPSA) is 75.3 Å². The van der Waals surface area contributed by atoms with Crippen LogP contribution >= 0.6 is 15.9 Å². The predicted molar refractivity (Wildman–Crippen MR) is 112 cm³/mol. The first-order valence-corrected chi connectivity index (χ1v) is 11.1. The van der Waals surface area contributed by atoms with Crippen LogP contribution in [0.2, 0.25) is 0 Å². The minimum absolute atomic E-state index is 0.0131. The molecular weight excluding hydrogens is 478 g/mol. The number of hydrogen-bond donors (Lipinski definition) is 2. The second-order valence-corrected chi connectivity index (χ2v) is 9.13. The summed E-state index contributed by atoms with van der Waals surface area (Å²) in [5.74, 6) is -1.49. The molecule has 5 nitrogen and oxygen atoms in total. The maximum Gasteiger partial charge on any atom is 0.251 e. The van der Waals surface area contributed by atoms with Gasteiger partial charge in [0.05, 0.1) is 4.90 Å². The zero-order valence-corrected chi connectivity index (χ0v) is 17.9. The predicted octanol–water partition coefficient (Wildman–Crippen LogP) is 4.14. The third-order valence-electron chi connectivity index (χ3n) is 4.14. The monoisotopic (exact) mass is 494 g/mol. The molecule has 0 aliphatic carbocycles. The summed E-state index contributed by atoms with van der Waals surface area (Å²) in [4.78, 5) is 12.2. The molecule has 156 valence electrons. The number of benzene rings is 3. The van der Waals surface area contributed by atoms with Crippen molar-refractivity contribution in [1.29, 1.82) is 0 Å². The second kappa shape index (κ2) is 9.46. The van der Waals surface area contributed by atoms with Crippen molar-refractivity contribution in [1.82, 2.24) is 10.0 Å². The standard InChI is InChI=1S/C21H17BrF2N2O3S/c22-17-9-16(10-19(24)11-17)21(27)25-12-15-4-2-6-20(8-15)30(28,29)26-13-14-3-1-5-18(23)7-14/h1-11,26H,12-13H2,(H,25,27). The average Bonchev–Trinajstić information content (AvgIpc) is 2.70. The minimum atomic E-state index is -3.84. The molecule has 0 fully saturated rings. The van der Waals surface area contributed by atoms with Crippen molar-refractivity contribution in [3.05, 3.63) is 99.5 Å². The van der Waals surface area contributed by atoms with Gasteiger partial charge < -0.3 is 5.32 Å². The molecule has 3 rings (SSSR count). The number of hydrogen-bond acceptors (Lipinski definition) is 3. The minimum Gasteiger partial charge on any atom is -0.348 e. The maximum absolute atomic E-state index is 13.4. The molecule has 0 aromatic heterocycles. The Kier molecular flexibility index (Phi) is 6.96. The van der Waals surface area contributed by atoms with Gasteiger partial charge in [0.1, 0.15) is 11.6 Å². The molecule has 0 radical (unpaired) electrons. The Morgan fingerprint density at radius 3 is 2.27 bits per heavy atom. The molecule has 0 bridgehead atoms. The summed E-state index contributed by atoms with van der Waals surface area (Å²) in [5, 5.41) is 2.63. The van der Waals surface area contributed by atoms with Crippen molar-refractivity contribution in [2.75, 3.05) is 0 Å². The van der Waals surface area contributed by atoms with E-state index in [2.05, 4.69) is 26.0 Å². The molecule has 0 aliphatic heterocycles. The molecule has 0 unspecified atom stereocenters. The zero-order valence-electron chi connectivity index (χ0n) is 15.5. The molecule has 0 saturated heterocycles. The summed E-state index contributed by atoms with van der Waals surface area (Å²) >= 11 is 3.13. The van der Waals surface area contributed by atoms with Crippen LogP contribution in [-0.4, -0.2) is 14.3 Å². The van der Waals surface area contributed by atoms with Crippen molar-refractivity contribution in [2.24, 2.45) is 0 Å². The fourth-order valence-corrected chi connectivity index (χ4v) is 4.25. The molecule has 2 N–H and O–H groups in total. The Hall–Kier alpha value is -2.62. The molecule has 0 heterocycles.